The van der Waals surface area contributed by atoms with Gasteiger partial charge in [0, 0.05) is 78.3 Å². The second-order valence-corrected chi connectivity index (χ2v) is 9.60. The summed E-state index contributed by atoms with van der Waals surface area (Å²) in [7, 11) is 0. The van der Waals surface area contributed by atoms with Crippen molar-refractivity contribution in [3.8, 4) is 22.4 Å². The van der Waals surface area contributed by atoms with E-state index in [4.69, 9.17) is 11.6 Å². The Morgan fingerprint density at radius 1 is 1.11 bits per heavy atom. The molecule has 0 radical (unpaired) electrons. The number of anilines is 1. The zero-order valence-corrected chi connectivity index (χ0v) is 21.8. The van der Waals surface area contributed by atoms with Crippen LogP contribution in [-0.2, 0) is 11.3 Å². The molecule has 0 unspecified atom stereocenters. The Hall–Kier alpha value is -3.85. The van der Waals surface area contributed by atoms with Crippen LogP contribution < -0.4 is 10.9 Å². The summed E-state index contributed by atoms with van der Waals surface area (Å²) in [6, 6.07) is 7.53. The molecule has 190 valence electrons. The minimum atomic E-state index is -0.167. The summed E-state index contributed by atoms with van der Waals surface area (Å²) in [6.45, 7) is 7.27. The number of likely N-dealkylation sites (tertiary alicyclic amines) is 1. The highest BCUT2D eigenvalue weighted by Gasteiger charge is 2.22. The maximum atomic E-state index is 13.5. The third-order valence-corrected chi connectivity index (χ3v) is 7.14. The largest absolute Gasteiger partial charge is 0.351 e. The minimum absolute atomic E-state index is 0.0989. The van der Waals surface area contributed by atoms with Gasteiger partial charge < -0.3 is 10.2 Å². The third-order valence-electron chi connectivity index (χ3n) is 6.83. The quantitative estimate of drug-likeness (QED) is 0.420. The van der Waals surface area contributed by atoms with Crippen molar-refractivity contribution in [2.45, 2.75) is 46.2 Å². The SMILES string of the molecule is CCn1c(=O)c(-c2ccc(-c3nccnc3C)cc2Cl)cc2cnc(NC3CCN(C(C)=O)CC3)nc21. The Balaban J connectivity index is 1.47. The van der Waals surface area contributed by atoms with Crippen LogP contribution in [0, 0.1) is 6.92 Å². The summed E-state index contributed by atoms with van der Waals surface area (Å²) in [5.74, 6) is 0.576. The van der Waals surface area contributed by atoms with Crippen LogP contribution in [0.5, 0.6) is 0 Å². The normalized spacial score (nSPS) is 14.2. The van der Waals surface area contributed by atoms with E-state index in [1.54, 1.807) is 36.1 Å². The highest BCUT2D eigenvalue weighted by atomic mass is 35.5. The third kappa shape index (κ3) is 4.91. The molecular formula is C27H28ClN7O2. The number of hydrogen-bond acceptors (Lipinski definition) is 7. The van der Waals surface area contributed by atoms with Crippen LogP contribution in [-0.4, -0.2) is 54.4 Å². The molecule has 0 atom stereocenters. The molecule has 0 bridgehead atoms. The monoisotopic (exact) mass is 517 g/mol. The number of carbonyl (C=O) groups is 1. The fourth-order valence-electron chi connectivity index (χ4n) is 4.81. The lowest BCUT2D eigenvalue weighted by molar-refractivity contribution is -0.129. The van der Waals surface area contributed by atoms with E-state index in [0.717, 1.165) is 35.2 Å². The number of fused-ring (bicyclic) bond motifs is 1. The Bertz CT molecular complexity index is 1540. The number of halogens is 1. The maximum Gasteiger partial charge on any atom is 0.260 e. The fraction of sp³-hybridized carbons (Fsp3) is 0.333. The van der Waals surface area contributed by atoms with Gasteiger partial charge in [0.05, 0.1) is 11.4 Å². The molecule has 1 N–H and O–H groups in total. The molecule has 37 heavy (non-hydrogen) atoms. The van der Waals surface area contributed by atoms with Crippen LogP contribution in [0.1, 0.15) is 32.4 Å². The standard InChI is InChI=1S/C27H28ClN7O2/c1-4-35-25-19(15-31-27(33-25)32-20-7-11-34(12-8-20)17(3)36)13-22(26(35)37)21-6-5-18(14-23(21)28)24-16(2)29-9-10-30-24/h5-6,9-10,13-15,20H,4,7-8,11-12H2,1-3H3,(H,31,32,33). The highest BCUT2D eigenvalue weighted by molar-refractivity contribution is 6.33. The van der Waals surface area contributed by atoms with Crippen molar-refractivity contribution >= 4 is 34.5 Å². The molecule has 1 aliphatic rings. The summed E-state index contributed by atoms with van der Waals surface area (Å²) < 4.78 is 1.65. The van der Waals surface area contributed by atoms with Gasteiger partial charge >= 0.3 is 0 Å². The van der Waals surface area contributed by atoms with E-state index in [1.165, 1.54) is 0 Å². The molecule has 10 heteroatoms. The van der Waals surface area contributed by atoms with Crippen LogP contribution >= 0.6 is 11.6 Å². The molecule has 0 aliphatic carbocycles. The van der Waals surface area contributed by atoms with Gasteiger partial charge in [-0.25, -0.2) is 4.98 Å². The van der Waals surface area contributed by atoms with Gasteiger partial charge in [-0.15, -0.1) is 0 Å². The highest BCUT2D eigenvalue weighted by Crippen LogP contribution is 2.32. The molecule has 9 nitrogen and oxygen atoms in total. The molecule has 0 spiro atoms. The minimum Gasteiger partial charge on any atom is -0.351 e. The van der Waals surface area contributed by atoms with E-state index in [1.807, 2.05) is 36.9 Å². The van der Waals surface area contributed by atoms with Crippen LogP contribution in [0.3, 0.4) is 0 Å². The molecule has 1 aliphatic heterocycles. The van der Waals surface area contributed by atoms with Crippen molar-refractivity contribution < 1.29 is 4.79 Å². The maximum absolute atomic E-state index is 13.5. The van der Waals surface area contributed by atoms with E-state index < -0.39 is 0 Å². The number of nitrogens with one attached hydrogen (secondary N) is 1. The first-order chi connectivity index (χ1) is 17.9. The molecule has 1 saturated heterocycles. The molecule has 4 aromatic rings. The summed E-state index contributed by atoms with van der Waals surface area (Å²) in [5, 5.41) is 4.58. The first kappa shape index (κ1) is 24.8. The summed E-state index contributed by atoms with van der Waals surface area (Å²) >= 11 is 6.69. The van der Waals surface area contributed by atoms with Gasteiger partial charge in [-0.1, -0.05) is 23.7 Å². The van der Waals surface area contributed by atoms with Gasteiger partial charge in [-0.2, -0.15) is 4.98 Å². The van der Waals surface area contributed by atoms with Gasteiger partial charge in [-0.3, -0.25) is 24.1 Å². The Labute approximate surface area is 219 Å². The number of carbonyl (C=O) groups excluding carboxylic acids is 1. The number of hydrogen-bond donors (Lipinski definition) is 1. The first-order valence-corrected chi connectivity index (χ1v) is 12.7. The number of aromatic nitrogens is 5. The molecule has 1 aromatic carbocycles. The van der Waals surface area contributed by atoms with Crippen molar-refractivity contribution in [3.05, 3.63) is 63.9 Å². The molecule has 4 heterocycles. The number of amides is 1. The summed E-state index contributed by atoms with van der Waals surface area (Å²) in [4.78, 5) is 44.9. The number of rotatable bonds is 5. The first-order valence-electron chi connectivity index (χ1n) is 12.4. The number of aryl methyl sites for hydroxylation is 2. The lowest BCUT2D eigenvalue weighted by atomic mass is 10.0. The molecule has 3 aromatic heterocycles. The van der Waals surface area contributed by atoms with Gasteiger partial charge in [0.15, 0.2) is 0 Å². The van der Waals surface area contributed by atoms with Crippen molar-refractivity contribution in [2.75, 3.05) is 18.4 Å². The average Bonchev–Trinajstić information content (AvgIpc) is 2.89. The van der Waals surface area contributed by atoms with Crippen LogP contribution in [0.4, 0.5) is 5.95 Å². The van der Waals surface area contributed by atoms with Crippen molar-refractivity contribution in [3.63, 3.8) is 0 Å². The predicted octanol–water partition coefficient (Wildman–Crippen LogP) is 4.32. The van der Waals surface area contributed by atoms with Crippen LogP contribution in [0.2, 0.25) is 5.02 Å². The Morgan fingerprint density at radius 3 is 2.54 bits per heavy atom. The smallest absolute Gasteiger partial charge is 0.260 e. The van der Waals surface area contributed by atoms with E-state index in [0.29, 0.717) is 47.4 Å². The summed E-state index contributed by atoms with van der Waals surface area (Å²) in [6.07, 6.45) is 6.67. The topological polar surface area (TPSA) is 106 Å². The average molecular weight is 518 g/mol. The van der Waals surface area contributed by atoms with Crippen LogP contribution in [0.15, 0.2) is 47.7 Å². The van der Waals surface area contributed by atoms with E-state index in [-0.39, 0.29) is 17.5 Å². The second-order valence-electron chi connectivity index (χ2n) is 9.19. The van der Waals surface area contributed by atoms with E-state index in [9.17, 15) is 9.59 Å². The Kier molecular flexibility index (Phi) is 6.88. The molecular weight excluding hydrogens is 490 g/mol. The summed E-state index contributed by atoms with van der Waals surface area (Å²) in [5.41, 5.74) is 3.92. The Morgan fingerprint density at radius 2 is 1.86 bits per heavy atom. The lowest BCUT2D eigenvalue weighted by Gasteiger charge is -2.31. The lowest BCUT2D eigenvalue weighted by Crippen LogP contribution is -2.41. The van der Waals surface area contributed by atoms with Gasteiger partial charge in [0.1, 0.15) is 5.65 Å². The zero-order chi connectivity index (χ0) is 26.1. The van der Waals surface area contributed by atoms with Gasteiger partial charge in [0.2, 0.25) is 11.9 Å². The van der Waals surface area contributed by atoms with E-state index in [2.05, 4.69) is 25.3 Å². The molecule has 1 amide bonds. The predicted molar refractivity (Wildman–Crippen MR) is 145 cm³/mol. The number of piperidine rings is 1. The van der Waals surface area contributed by atoms with Crippen LogP contribution in [0.25, 0.3) is 33.4 Å². The van der Waals surface area contributed by atoms with Crippen molar-refractivity contribution in [1.82, 2.24) is 29.4 Å². The van der Waals surface area contributed by atoms with Gasteiger partial charge in [0.25, 0.3) is 5.56 Å². The second kappa shape index (κ2) is 10.3. The molecule has 1 fully saturated rings. The molecule has 0 saturated carbocycles. The zero-order valence-electron chi connectivity index (χ0n) is 21.0. The van der Waals surface area contributed by atoms with Gasteiger partial charge in [-0.05, 0) is 38.8 Å². The number of nitrogens with zero attached hydrogens (tertiary/aromatic N) is 6. The number of pyridine rings is 1. The van der Waals surface area contributed by atoms with E-state index >= 15 is 0 Å². The fourth-order valence-corrected chi connectivity index (χ4v) is 5.09. The molecule has 5 rings (SSSR count). The van der Waals surface area contributed by atoms with Crippen molar-refractivity contribution in [1.29, 1.82) is 0 Å². The van der Waals surface area contributed by atoms with Crippen molar-refractivity contribution in [2.24, 2.45) is 0 Å². The number of benzene rings is 1.